The SMILES string of the molecule is FC(F)(F)S12CCC1O2. The first-order valence-corrected chi connectivity index (χ1v) is 4.40. The molecule has 2 fully saturated rings. The average Bonchev–Trinajstić information content (AvgIpc) is 2.06. The van der Waals surface area contributed by atoms with E-state index in [9.17, 15) is 13.2 Å². The fourth-order valence-corrected chi connectivity index (χ4v) is 3.32. The minimum absolute atomic E-state index is 0.251. The molecule has 0 aromatic heterocycles. The molecule has 2 rings (SSSR count). The van der Waals surface area contributed by atoms with Gasteiger partial charge >= 0.3 is 5.51 Å². The normalized spacial score (nSPS) is 54.8. The second kappa shape index (κ2) is 1.25. The van der Waals surface area contributed by atoms with Crippen LogP contribution in [0.2, 0.25) is 0 Å². The van der Waals surface area contributed by atoms with Crippen LogP contribution < -0.4 is 0 Å². The van der Waals surface area contributed by atoms with E-state index in [0.29, 0.717) is 6.42 Å². The second-order valence-corrected chi connectivity index (χ2v) is 5.23. The van der Waals surface area contributed by atoms with Crippen molar-refractivity contribution >= 4 is 10.3 Å². The molecule has 0 saturated carbocycles. The summed E-state index contributed by atoms with van der Waals surface area (Å²) in [5.74, 6) is 0.251. The standard InChI is InChI=1S/C4H5F3OS/c5-4(6,7)9-2-1-3(9)8-9/h3H,1-2H2. The van der Waals surface area contributed by atoms with Gasteiger partial charge in [-0.1, -0.05) is 0 Å². The molecule has 0 N–H and O–H groups in total. The van der Waals surface area contributed by atoms with Crippen LogP contribution in [-0.4, -0.2) is 16.7 Å². The molecule has 1 nitrogen and oxygen atoms in total. The van der Waals surface area contributed by atoms with E-state index in [1.165, 1.54) is 0 Å². The summed E-state index contributed by atoms with van der Waals surface area (Å²) in [6, 6.07) is 0. The molecule has 0 amide bonds. The molecule has 5 heteroatoms. The van der Waals surface area contributed by atoms with E-state index in [1.54, 1.807) is 0 Å². The Bertz CT molecular complexity index is 152. The zero-order valence-corrected chi connectivity index (χ0v) is 5.26. The molecule has 9 heavy (non-hydrogen) atoms. The highest BCUT2D eigenvalue weighted by molar-refractivity contribution is 8.36. The zero-order valence-electron chi connectivity index (χ0n) is 4.44. The summed E-state index contributed by atoms with van der Waals surface area (Å²) >= 11 is 0. The zero-order chi connectivity index (χ0) is 6.70. The molecule has 2 aliphatic rings. The highest BCUT2D eigenvalue weighted by atomic mass is 32.3. The number of alkyl halides is 3. The fourth-order valence-electron chi connectivity index (χ4n) is 1.01. The Morgan fingerprint density at radius 1 is 1.44 bits per heavy atom. The highest BCUT2D eigenvalue weighted by Gasteiger charge is 2.74. The summed E-state index contributed by atoms with van der Waals surface area (Å²) in [5, 5.41) is 0. The molecule has 0 radical (unpaired) electrons. The third-order valence-corrected chi connectivity index (χ3v) is 4.91. The van der Waals surface area contributed by atoms with Crippen LogP contribution >= 0.6 is 10.3 Å². The van der Waals surface area contributed by atoms with E-state index < -0.39 is 21.3 Å². The monoisotopic (exact) mass is 158 g/mol. The molecule has 0 aromatic carbocycles. The van der Waals surface area contributed by atoms with Crippen molar-refractivity contribution < 1.29 is 17.4 Å². The van der Waals surface area contributed by atoms with Crippen LogP contribution in [0.15, 0.2) is 0 Å². The molecule has 2 unspecified atom stereocenters. The minimum atomic E-state index is -4.03. The van der Waals surface area contributed by atoms with E-state index in [2.05, 4.69) is 4.18 Å². The van der Waals surface area contributed by atoms with Crippen molar-refractivity contribution in [2.45, 2.75) is 17.4 Å². The largest absolute Gasteiger partial charge is 0.449 e. The Kier molecular flexibility index (Phi) is 0.811. The number of halogens is 3. The van der Waals surface area contributed by atoms with Crippen molar-refractivity contribution in [2.24, 2.45) is 0 Å². The average molecular weight is 158 g/mol. The predicted molar refractivity (Wildman–Crippen MR) is 28.0 cm³/mol. The molecule has 2 heterocycles. The van der Waals surface area contributed by atoms with Crippen molar-refractivity contribution in [3.63, 3.8) is 0 Å². The van der Waals surface area contributed by atoms with Crippen LogP contribution in [-0.2, 0) is 4.18 Å². The number of rotatable bonds is 0. The minimum Gasteiger partial charge on any atom is -0.311 e. The lowest BCUT2D eigenvalue weighted by atomic mass is 10.5. The number of hydrogen-bond acceptors (Lipinski definition) is 1. The van der Waals surface area contributed by atoms with Crippen molar-refractivity contribution in [1.82, 2.24) is 0 Å². The van der Waals surface area contributed by atoms with Gasteiger partial charge in [0.25, 0.3) is 0 Å². The summed E-state index contributed by atoms with van der Waals surface area (Å²) in [6.45, 7) is 0. The Hall–Kier alpha value is 0.1000. The predicted octanol–water partition coefficient (Wildman–Crippen LogP) is 1.99. The van der Waals surface area contributed by atoms with Crippen LogP contribution in [0.3, 0.4) is 0 Å². The molecule has 0 aliphatic carbocycles. The van der Waals surface area contributed by atoms with Gasteiger partial charge in [0.05, 0.1) is 0 Å². The van der Waals surface area contributed by atoms with E-state index in [1.807, 2.05) is 0 Å². The van der Waals surface area contributed by atoms with Crippen molar-refractivity contribution in [3.8, 4) is 0 Å². The maximum atomic E-state index is 11.8. The molecule has 0 spiro atoms. The molecular formula is C4H5F3OS. The van der Waals surface area contributed by atoms with Gasteiger partial charge in [0.2, 0.25) is 0 Å². The van der Waals surface area contributed by atoms with Crippen LogP contribution in [0.5, 0.6) is 0 Å². The summed E-state index contributed by atoms with van der Waals surface area (Å²) in [5.41, 5.74) is -4.44. The van der Waals surface area contributed by atoms with Gasteiger partial charge in [-0.15, -0.1) is 0 Å². The lowest BCUT2D eigenvalue weighted by Gasteiger charge is -2.26. The van der Waals surface area contributed by atoms with E-state index >= 15 is 0 Å². The van der Waals surface area contributed by atoms with Gasteiger partial charge in [0.15, 0.2) is 0 Å². The molecule has 0 bridgehead atoms. The smallest absolute Gasteiger partial charge is 0.311 e. The third kappa shape index (κ3) is 0.519. The lowest BCUT2D eigenvalue weighted by Crippen LogP contribution is -2.22. The summed E-state index contributed by atoms with van der Waals surface area (Å²) in [6.07, 6.45) is 0.620. The number of hydrogen-bond donors (Lipinski definition) is 0. The molecule has 0 aromatic rings. The van der Waals surface area contributed by atoms with Gasteiger partial charge in [0.1, 0.15) is 5.44 Å². The van der Waals surface area contributed by atoms with Gasteiger partial charge < -0.3 is 4.18 Å². The lowest BCUT2D eigenvalue weighted by molar-refractivity contribution is -0.0390. The highest BCUT2D eigenvalue weighted by Crippen LogP contribution is 2.86. The van der Waals surface area contributed by atoms with Crippen molar-refractivity contribution in [2.75, 3.05) is 5.75 Å². The Balaban J connectivity index is 2.15. The van der Waals surface area contributed by atoms with Crippen LogP contribution in [0.25, 0.3) is 0 Å². The first-order chi connectivity index (χ1) is 4.06. The van der Waals surface area contributed by atoms with Crippen molar-refractivity contribution in [3.05, 3.63) is 0 Å². The summed E-state index contributed by atoms with van der Waals surface area (Å²) in [4.78, 5) is 0. The topological polar surface area (TPSA) is 12.5 Å². The fraction of sp³-hybridized carbons (Fsp3) is 1.00. The molecule has 2 saturated heterocycles. The van der Waals surface area contributed by atoms with Crippen LogP contribution in [0, 0.1) is 0 Å². The third-order valence-electron chi connectivity index (χ3n) is 1.71. The number of fused-ring (bicyclic) bond motifs is 1. The summed E-state index contributed by atoms with van der Waals surface area (Å²) < 4.78 is 40.1. The Morgan fingerprint density at radius 3 is 2.11 bits per heavy atom. The van der Waals surface area contributed by atoms with E-state index in [-0.39, 0.29) is 5.75 Å². The summed E-state index contributed by atoms with van der Waals surface area (Å²) in [7, 11) is -2.49. The van der Waals surface area contributed by atoms with Gasteiger partial charge in [-0.25, -0.2) is 0 Å². The Morgan fingerprint density at radius 2 is 2.11 bits per heavy atom. The second-order valence-electron chi connectivity index (χ2n) is 2.19. The maximum absolute atomic E-state index is 11.8. The first-order valence-electron chi connectivity index (χ1n) is 2.61. The van der Waals surface area contributed by atoms with Gasteiger partial charge in [-0.3, -0.25) is 0 Å². The quantitative estimate of drug-likeness (QED) is 0.491. The molecule has 2 atom stereocenters. The van der Waals surface area contributed by atoms with Crippen LogP contribution in [0.1, 0.15) is 6.42 Å². The van der Waals surface area contributed by atoms with Gasteiger partial charge in [-0.05, 0) is 16.7 Å². The maximum Gasteiger partial charge on any atom is 0.449 e. The molecule has 54 valence electrons. The Labute approximate surface area is 51.7 Å². The van der Waals surface area contributed by atoms with Gasteiger partial charge in [0, 0.05) is 5.75 Å². The van der Waals surface area contributed by atoms with Crippen molar-refractivity contribution in [1.29, 1.82) is 0 Å². The van der Waals surface area contributed by atoms with Crippen LogP contribution in [0.4, 0.5) is 13.2 Å². The first kappa shape index (κ1) is 5.85. The van der Waals surface area contributed by atoms with E-state index in [4.69, 9.17) is 0 Å². The molecule has 2 aliphatic heterocycles. The van der Waals surface area contributed by atoms with Gasteiger partial charge in [-0.2, -0.15) is 13.2 Å². The molecular weight excluding hydrogens is 153 g/mol. The van der Waals surface area contributed by atoms with E-state index in [0.717, 1.165) is 0 Å².